The summed E-state index contributed by atoms with van der Waals surface area (Å²) in [6.07, 6.45) is 9.87. The van der Waals surface area contributed by atoms with E-state index in [2.05, 4.69) is 53.6 Å². The summed E-state index contributed by atoms with van der Waals surface area (Å²) in [4.78, 5) is 14.5. The lowest BCUT2D eigenvalue weighted by Crippen LogP contribution is -2.32. The zero-order valence-corrected chi connectivity index (χ0v) is 14.8. The Morgan fingerprint density at radius 2 is 1.83 bits per heavy atom. The van der Waals surface area contributed by atoms with Gasteiger partial charge in [0.25, 0.3) is 0 Å². The summed E-state index contributed by atoms with van der Waals surface area (Å²) in [7, 11) is 0. The summed E-state index contributed by atoms with van der Waals surface area (Å²) in [5.74, 6) is 1.49. The van der Waals surface area contributed by atoms with Crippen molar-refractivity contribution in [2.75, 3.05) is 13.1 Å². The van der Waals surface area contributed by atoms with Gasteiger partial charge in [0, 0.05) is 19.5 Å². The summed E-state index contributed by atoms with van der Waals surface area (Å²) in [5.41, 5.74) is 2.55. The van der Waals surface area contributed by atoms with E-state index in [0.717, 1.165) is 25.3 Å². The Balaban J connectivity index is 1.41. The van der Waals surface area contributed by atoms with Crippen LogP contribution in [0.3, 0.4) is 0 Å². The summed E-state index contributed by atoms with van der Waals surface area (Å²) in [6, 6.07) is 8.72. The van der Waals surface area contributed by atoms with Crippen molar-refractivity contribution in [1.29, 1.82) is 0 Å². The van der Waals surface area contributed by atoms with Crippen molar-refractivity contribution in [1.82, 2.24) is 10.2 Å². The minimum Gasteiger partial charge on any atom is -0.352 e. The van der Waals surface area contributed by atoms with E-state index < -0.39 is 0 Å². The molecule has 1 atom stereocenters. The second-order valence-electron chi connectivity index (χ2n) is 7.52. The second-order valence-corrected chi connectivity index (χ2v) is 7.52. The van der Waals surface area contributed by atoms with Gasteiger partial charge in [-0.25, -0.2) is 0 Å². The summed E-state index contributed by atoms with van der Waals surface area (Å²) < 4.78 is 0. The number of hydrogen-bond acceptors (Lipinski definition) is 2. The molecule has 1 N–H and O–H groups in total. The highest BCUT2D eigenvalue weighted by Crippen LogP contribution is 2.20. The fourth-order valence-electron chi connectivity index (χ4n) is 3.62. The maximum atomic E-state index is 12.0. The highest BCUT2D eigenvalue weighted by atomic mass is 16.1. The van der Waals surface area contributed by atoms with E-state index >= 15 is 0 Å². The van der Waals surface area contributed by atoms with Crippen molar-refractivity contribution in [2.45, 2.75) is 52.1 Å². The number of carbonyl (C=O) groups is 1. The van der Waals surface area contributed by atoms with Gasteiger partial charge in [0.15, 0.2) is 0 Å². The molecular formula is C21H30N2O. The van der Waals surface area contributed by atoms with E-state index in [0.29, 0.717) is 18.9 Å². The standard InChI is InChI=1S/C21H30N2O/c1-17-10-12-23(13-11-17)16-20-8-6-19(7-9-20)15-22-21(24)14-18-4-2-3-5-18/h2,4,6-9,17-18H,3,5,10-16H2,1H3,(H,22,24)/t18-/m0/s1. The highest BCUT2D eigenvalue weighted by Gasteiger charge is 2.16. The number of amides is 1. The predicted molar refractivity (Wildman–Crippen MR) is 98.4 cm³/mol. The van der Waals surface area contributed by atoms with Crippen molar-refractivity contribution in [3.05, 3.63) is 47.5 Å². The van der Waals surface area contributed by atoms with Crippen LogP contribution >= 0.6 is 0 Å². The first-order valence-electron chi connectivity index (χ1n) is 9.42. The van der Waals surface area contributed by atoms with Crippen LogP contribution in [0.5, 0.6) is 0 Å². The molecule has 0 spiro atoms. The van der Waals surface area contributed by atoms with Crippen LogP contribution in [-0.2, 0) is 17.9 Å². The molecule has 1 aliphatic heterocycles. The van der Waals surface area contributed by atoms with Crippen molar-refractivity contribution in [3.8, 4) is 0 Å². The molecular weight excluding hydrogens is 296 g/mol. The molecule has 130 valence electrons. The first kappa shape index (κ1) is 17.2. The molecule has 2 aliphatic rings. The molecule has 0 unspecified atom stereocenters. The van der Waals surface area contributed by atoms with Gasteiger partial charge >= 0.3 is 0 Å². The molecule has 1 heterocycles. The van der Waals surface area contributed by atoms with Gasteiger partial charge in [0.2, 0.25) is 5.91 Å². The minimum atomic E-state index is 0.165. The Kier molecular flexibility index (Phi) is 6.08. The van der Waals surface area contributed by atoms with Gasteiger partial charge in [0.05, 0.1) is 0 Å². The van der Waals surface area contributed by atoms with Gasteiger partial charge in [-0.3, -0.25) is 9.69 Å². The number of nitrogens with one attached hydrogen (secondary N) is 1. The molecule has 1 aromatic rings. The van der Waals surface area contributed by atoms with Crippen LogP contribution in [0.4, 0.5) is 0 Å². The molecule has 1 aliphatic carbocycles. The molecule has 0 bridgehead atoms. The van der Waals surface area contributed by atoms with Crippen LogP contribution in [0.25, 0.3) is 0 Å². The van der Waals surface area contributed by atoms with E-state index in [-0.39, 0.29) is 5.91 Å². The van der Waals surface area contributed by atoms with Gasteiger partial charge < -0.3 is 5.32 Å². The van der Waals surface area contributed by atoms with E-state index in [1.807, 2.05) is 0 Å². The van der Waals surface area contributed by atoms with E-state index in [4.69, 9.17) is 0 Å². The Labute approximate surface area is 146 Å². The van der Waals surface area contributed by atoms with E-state index in [1.54, 1.807) is 0 Å². The van der Waals surface area contributed by atoms with Crippen molar-refractivity contribution < 1.29 is 4.79 Å². The number of nitrogens with zero attached hydrogens (tertiary/aromatic N) is 1. The molecule has 1 aromatic carbocycles. The molecule has 0 saturated carbocycles. The maximum absolute atomic E-state index is 12.0. The molecule has 1 amide bonds. The Morgan fingerprint density at radius 1 is 1.12 bits per heavy atom. The largest absolute Gasteiger partial charge is 0.352 e. The summed E-state index contributed by atoms with van der Waals surface area (Å²) >= 11 is 0. The van der Waals surface area contributed by atoms with Crippen LogP contribution in [0.2, 0.25) is 0 Å². The van der Waals surface area contributed by atoms with Gasteiger partial charge in [-0.1, -0.05) is 43.3 Å². The van der Waals surface area contributed by atoms with E-state index in [9.17, 15) is 4.79 Å². The van der Waals surface area contributed by atoms with Crippen LogP contribution in [-0.4, -0.2) is 23.9 Å². The predicted octanol–water partition coefficient (Wildman–Crippen LogP) is 3.89. The Morgan fingerprint density at radius 3 is 2.50 bits per heavy atom. The fraction of sp³-hybridized carbons (Fsp3) is 0.571. The number of rotatable bonds is 6. The molecule has 0 radical (unpaired) electrons. The van der Waals surface area contributed by atoms with Gasteiger partial charge in [-0.05, 0) is 61.7 Å². The normalized spacial score (nSPS) is 22.0. The van der Waals surface area contributed by atoms with E-state index in [1.165, 1.54) is 37.1 Å². The zero-order chi connectivity index (χ0) is 16.8. The lowest BCUT2D eigenvalue weighted by atomic mass is 9.99. The Bertz CT molecular complexity index is 556. The maximum Gasteiger partial charge on any atom is 0.220 e. The van der Waals surface area contributed by atoms with Crippen LogP contribution in [0, 0.1) is 11.8 Å². The van der Waals surface area contributed by atoms with Crippen molar-refractivity contribution in [2.24, 2.45) is 11.8 Å². The molecule has 1 fully saturated rings. The number of likely N-dealkylation sites (tertiary alicyclic amines) is 1. The van der Waals surface area contributed by atoms with Crippen LogP contribution < -0.4 is 5.32 Å². The highest BCUT2D eigenvalue weighted by molar-refractivity contribution is 5.76. The SMILES string of the molecule is CC1CCN(Cc2ccc(CNC(=O)C[C@H]3C=CCC3)cc2)CC1. The van der Waals surface area contributed by atoms with Crippen LogP contribution in [0.15, 0.2) is 36.4 Å². The topological polar surface area (TPSA) is 32.3 Å². The minimum absolute atomic E-state index is 0.165. The van der Waals surface area contributed by atoms with Crippen molar-refractivity contribution in [3.63, 3.8) is 0 Å². The average molecular weight is 326 g/mol. The molecule has 3 heteroatoms. The third-order valence-corrected chi connectivity index (χ3v) is 5.36. The molecule has 1 saturated heterocycles. The van der Waals surface area contributed by atoms with Gasteiger partial charge in [-0.2, -0.15) is 0 Å². The smallest absolute Gasteiger partial charge is 0.220 e. The van der Waals surface area contributed by atoms with Gasteiger partial charge in [-0.15, -0.1) is 0 Å². The third-order valence-electron chi connectivity index (χ3n) is 5.36. The average Bonchev–Trinajstić information content (AvgIpc) is 3.09. The van der Waals surface area contributed by atoms with Gasteiger partial charge in [0.1, 0.15) is 0 Å². The number of carbonyl (C=O) groups excluding carboxylic acids is 1. The lowest BCUT2D eigenvalue weighted by molar-refractivity contribution is -0.121. The number of allylic oxidation sites excluding steroid dienone is 2. The monoisotopic (exact) mass is 326 g/mol. The quantitative estimate of drug-likeness (QED) is 0.804. The summed E-state index contributed by atoms with van der Waals surface area (Å²) in [5, 5.41) is 3.05. The summed E-state index contributed by atoms with van der Waals surface area (Å²) in [6.45, 7) is 6.47. The first-order chi connectivity index (χ1) is 11.7. The fourth-order valence-corrected chi connectivity index (χ4v) is 3.62. The number of hydrogen-bond donors (Lipinski definition) is 1. The third kappa shape index (κ3) is 5.20. The molecule has 24 heavy (non-hydrogen) atoms. The van der Waals surface area contributed by atoms with Crippen molar-refractivity contribution >= 4 is 5.91 Å². The molecule has 3 nitrogen and oxygen atoms in total. The zero-order valence-electron chi connectivity index (χ0n) is 14.8. The molecule has 0 aromatic heterocycles. The lowest BCUT2D eigenvalue weighted by Gasteiger charge is -2.30. The molecule has 3 rings (SSSR count). The number of piperidine rings is 1. The Hall–Kier alpha value is -1.61. The first-order valence-corrected chi connectivity index (χ1v) is 9.42. The number of benzene rings is 1. The second kappa shape index (κ2) is 8.48. The van der Waals surface area contributed by atoms with Crippen LogP contribution in [0.1, 0.15) is 50.2 Å².